The number of rotatable bonds is 2. The Labute approximate surface area is 106 Å². The smallest absolute Gasteiger partial charge is 0.255 e. The summed E-state index contributed by atoms with van der Waals surface area (Å²) in [5.74, 6) is -0.0460. The van der Waals surface area contributed by atoms with Gasteiger partial charge in [-0.25, -0.2) is 0 Å². The minimum absolute atomic E-state index is 0.0672. The first-order chi connectivity index (χ1) is 8.09. The van der Waals surface area contributed by atoms with Gasteiger partial charge in [-0.3, -0.25) is 4.79 Å². The van der Waals surface area contributed by atoms with Gasteiger partial charge >= 0.3 is 0 Å². The van der Waals surface area contributed by atoms with Crippen molar-refractivity contribution in [3.05, 3.63) is 28.8 Å². The first-order valence-corrected chi connectivity index (χ1v) is 6.23. The van der Waals surface area contributed by atoms with Gasteiger partial charge < -0.3 is 10.0 Å². The van der Waals surface area contributed by atoms with Crippen LogP contribution in [0.5, 0.6) is 5.75 Å². The van der Waals surface area contributed by atoms with E-state index in [0.29, 0.717) is 16.6 Å². The molecule has 2 rings (SSSR count). The number of phenols is 1. The lowest BCUT2D eigenvalue weighted by molar-refractivity contribution is 0.0735. The van der Waals surface area contributed by atoms with Gasteiger partial charge in [-0.1, -0.05) is 24.4 Å². The molecule has 1 aromatic rings. The summed E-state index contributed by atoms with van der Waals surface area (Å²) in [7, 11) is 1.80. The second kappa shape index (κ2) is 4.96. The number of aromatic hydroxyl groups is 1. The van der Waals surface area contributed by atoms with Crippen LogP contribution in [0.25, 0.3) is 0 Å². The van der Waals surface area contributed by atoms with E-state index in [1.807, 2.05) is 0 Å². The molecule has 17 heavy (non-hydrogen) atoms. The molecule has 1 fully saturated rings. The molecule has 4 heteroatoms. The molecule has 0 aliphatic heterocycles. The zero-order valence-electron chi connectivity index (χ0n) is 9.82. The zero-order valence-corrected chi connectivity index (χ0v) is 10.6. The molecule has 0 radical (unpaired) electrons. The molecule has 0 saturated heterocycles. The van der Waals surface area contributed by atoms with E-state index < -0.39 is 0 Å². The minimum Gasteiger partial charge on any atom is -0.508 e. The number of hydrogen-bond donors (Lipinski definition) is 1. The summed E-state index contributed by atoms with van der Waals surface area (Å²) in [6, 6.07) is 4.76. The van der Waals surface area contributed by atoms with Gasteiger partial charge in [0.15, 0.2) is 0 Å². The van der Waals surface area contributed by atoms with Crippen LogP contribution < -0.4 is 0 Å². The van der Waals surface area contributed by atoms with Crippen LogP contribution in [0.15, 0.2) is 18.2 Å². The van der Waals surface area contributed by atoms with Crippen LogP contribution in [0, 0.1) is 0 Å². The number of carbonyl (C=O) groups excluding carboxylic acids is 1. The third kappa shape index (κ3) is 2.55. The molecule has 1 aliphatic rings. The van der Waals surface area contributed by atoms with Crippen molar-refractivity contribution in [1.82, 2.24) is 4.90 Å². The predicted molar refractivity (Wildman–Crippen MR) is 67.5 cm³/mol. The van der Waals surface area contributed by atoms with Gasteiger partial charge in [0.2, 0.25) is 0 Å². The highest BCUT2D eigenvalue weighted by molar-refractivity contribution is 6.33. The fourth-order valence-corrected chi connectivity index (χ4v) is 2.52. The molecule has 0 aromatic heterocycles. The molecule has 1 amide bonds. The summed E-state index contributed by atoms with van der Waals surface area (Å²) < 4.78 is 0. The number of amides is 1. The van der Waals surface area contributed by atoms with Crippen molar-refractivity contribution in [2.45, 2.75) is 31.7 Å². The quantitative estimate of drug-likeness (QED) is 0.880. The lowest BCUT2D eigenvalue weighted by Crippen LogP contribution is -2.35. The Balaban J connectivity index is 2.20. The topological polar surface area (TPSA) is 40.5 Å². The monoisotopic (exact) mass is 253 g/mol. The van der Waals surface area contributed by atoms with Gasteiger partial charge in [0.1, 0.15) is 5.75 Å². The first-order valence-electron chi connectivity index (χ1n) is 5.85. The molecular formula is C13H16ClNO2. The van der Waals surface area contributed by atoms with E-state index in [2.05, 4.69) is 0 Å². The molecule has 0 bridgehead atoms. The molecule has 0 unspecified atom stereocenters. The van der Waals surface area contributed by atoms with Crippen molar-refractivity contribution in [3.63, 3.8) is 0 Å². The third-order valence-electron chi connectivity index (χ3n) is 3.37. The van der Waals surface area contributed by atoms with Gasteiger partial charge in [0.25, 0.3) is 5.91 Å². The van der Waals surface area contributed by atoms with Crippen molar-refractivity contribution in [2.75, 3.05) is 7.05 Å². The van der Waals surface area contributed by atoms with Crippen LogP contribution in [-0.4, -0.2) is 29.0 Å². The Bertz CT molecular complexity index is 427. The fraction of sp³-hybridized carbons (Fsp3) is 0.462. The maximum absolute atomic E-state index is 12.2. The lowest BCUT2D eigenvalue weighted by Gasteiger charge is -2.24. The summed E-state index contributed by atoms with van der Waals surface area (Å²) in [5.41, 5.74) is 0.376. The maximum atomic E-state index is 12.2. The molecule has 1 N–H and O–H groups in total. The summed E-state index contributed by atoms with van der Waals surface area (Å²) in [4.78, 5) is 14.0. The largest absolute Gasteiger partial charge is 0.508 e. The van der Waals surface area contributed by atoms with Crippen LogP contribution in [0.3, 0.4) is 0 Å². The number of phenolic OH excluding ortho intramolecular Hbond substituents is 1. The number of hydrogen-bond acceptors (Lipinski definition) is 2. The molecule has 0 atom stereocenters. The van der Waals surface area contributed by atoms with Crippen LogP contribution in [0.4, 0.5) is 0 Å². The third-order valence-corrected chi connectivity index (χ3v) is 3.70. The Morgan fingerprint density at radius 2 is 2.06 bits per heavy atom. The zero-order chi connectivity index (χ0) is 12.4. The van der Waals surface area contributed by atoms with Gasteiger partial charge in [-0.05, 0) is 31.0 Å². The van der Waals surface area contributed by atoms with E-state index in [9.17, 15) is 9.90 Å². The van der Waals surface area contributed by atoms with E-state index in [1.54, 1.807) is 18.0 Å². The van der Waals surface area contributed by atoms with Crippen molar-refractivity contribution >= 4 is 17.5 Å². The van der Waals surface area contributed by atoms with E-state index in [0.717, 1.165) is 12.8 Å². The number of carbonyl (C=O) groups is 1. The fourth-order valence-electron chi connectivity index (χ4n) is 2.32. The Morgan fingerprint density at radius 1 is 1.41 bits per heavy atom. The summed E-state index contributed by atoms with van der Waals surface area (Å²) in [6.07, 6.45) is 4.46. The standard InChI is InChI=1S/C13H16ClNO2/c1-15(9-4-2-3-5-9)13(17)11-8-10(16)6-7-12(11)14/h6-9,16H,2-5H2,1H3. The van der Waals surface area contributed by atoms with Crippen LogP contribution >= 0.6 is 11.6 Å². The van der Waals surface area contributed by atoms with Crippen molar-refractivity contribution in [3.8, 4) is 5.75 Å². The molecule has 0 heterocycles. The molecular weight excluding hydrogens is 238 g/mol. The predicted octanol–water partition coefficient (Wildman–Crippen LogP) is 3.06. The Hall–Kier alpha value is -1.22. The molecule has 92 valence electrons. The van der Waals surface area contributed by atoms with Gasteiger partial charge in [-0.2, -0.15) is 0 Å². The van der Waals surface area contributed by atoms with Crippen LogP contribution in [0.1, 0.15) is 36.0 Å². The number of halogens is 1. The molecule has 1 aliphatic carbocycles. The average molecular weight is 254 g/mol. The molecule has 1 aromatic carbocycles. The lowest BCUT2D eigenvalue weighted by atomic mass is 10.1. The van der Waals surface area contributed by atoms with Crippen LogP contribution in [0.2, 0.25) is 5.02 Å². The highest BCUT2D eigenvalue weighted by atomic mass is 35.5. The van der Waals surface area contributed by atoms with Gasteiger partial charge in [-0.15, -0.1) is 0 Å². The van der Waals surface area contributed by atoms with E-state index in [-0.39, 0.29) is 11.7 Å². The summed E-state index contributed by atoms with van der Waals surface area (Å²) >= 11 is 5.98. The second-order valence-electron chi connectivity index (χ2n) is 4.52. The van der Waals surface area contributed by atoms with Crippen molar-refractivity contribution in [1.29, 1.82) is 0 Å². The van der Waals surface area contributed by atoms with Gasteiger partial charge in [0, 0.05) is 13.1 Å². The summed E-state index contributed by atoms with van der Waals surface area (Å²) in [5, 5.41) is 9.79. The molecule has 1 saturated carbocycles. The van der Waals surface area contributed by atoms with Crippen LogP contribution in [-0.2, 0) is 0 Å². The SMILES string of the molecule is CN(C(=O)c1cc(O)ccc1Cl)C1CCCC1. The van der Waals surface area contributed by atoms with E-state index >= 15 is 0 Å². The Kier molecular flexibility index (Phi) is 3.57. The minimum atomic E-state index is -0.113. The second-order valence-corrected chi connectivity index (χ2v) is 4.93. The van der Waals surface area contributed by atoms with E-state index in [1.165, 1.54) is 25.0 Å². The Morgan fingerprint density at radius 3 is 2.71 bits per heavy atom. The first kappa shape index (κ1) is 12.2. The van der Waals surface area contributed by atoms with Gasteiger partial charge in [0.05, 0.1) is 10.6 Å². The maximum Gasteiger partial charge on any atom is 0.255 e. The van der Waals surface area contributed by atoms with Crippen molar-refractivity contribution in [2.24, 2.45) is 0 Å². The summed E-state index contributed by atoms with van der Waals surface area (Å²) in [6.45, 7) is 0. The molecule has 3 nitrogen and oxygen atoms in total. The average Bonchev–Trinajstić information content (AvgIpc) is 2.84. The highest BCUT2D eigenvalue weighted by Gasteiger charge is 2.25. The molecule has 0 spiro atoms. The van der Waals surface area contributed by atoms with Crippen molar-refractivity contribution < 1.29 is 9.90 Å². The highest BCUT2D eigenvalue weighted by Crippen LogP contribution is 2.27. The number of benzene rings is 1. The number of nitrogens with zero attached hydrogens (tertiary/aromatic N) is 1. The van der Waals surface area contributed by atoms with E-state index in [4.69, 9.17) is 11.6 Å². The normalized spacial score (nSPS) is 16.1.